The highest BCUT2D eigenvalue weighted by molar-refractivity contribution is 7.82. The number of hydrogen-bond acceptors (Lipinski definition) is 14. The standard InChI is InChI=1S/C8H14N2O14S2/c11-9(12)19-1-7-3-21-25(15,16)23-5-8(2-20-10(13)14)6-24-26(17,18)22-4-7/h7-8H,1-6H2. The lowest BCUT2D eigenvalue weighted by atomic mass is 10.2. The second kappa shape index (κ2) is 9.73. The minimum atomic E-state index is -4.59. The second-order valence-electron chi connectivity index (χ2n) is 4.73. The molecule has 1 heterocycles. The van der Waals surface area contributed by atoms with Crippen molar-refractivity contribution in [1.82, 2.24) is 0 Å². The van der Waals surface area contributed by atoms with Crippen LogP contribution in [0, 0.1) is 32.1 Å². The molecule has 0 radical (unpaired) electrons. The van der Waals surface area contributed by atoms with Crippen LogP contribution in [-0.4, -0.2) is 66.7 Å². The van der Waals surface area contributed by atoms with Gasteiger partial charge in [0.1, 0.15) is 13.2 Å². The largest absolute Gasteiger partial charge is 0.399 e. The van der Waals surface area contributed by atoms with Crippen LogP contribution in [0.5, 0.6) is 0 Å². The van der Waals surface area contributed by atoms with Crippen LogP contribution in [0.25, 0.3) is 0 Å². The first-order chi connectivity index (χ1) is 12.0. The van der Waals surface area contributed by atoms with E-state index in [0.717, 1.165) is 0 Å². The third-order valence-electron chi connectivity index (χ3n) is 2.62. The first kappa shape index (κ1) is 22.2. The van der Waals surface area contributed by atoms with Crippen molar-refractivity contribution in [3.05, 3.63) is 20.2 Å². The molecule has 152 valence electrons. The normalized spacial score (nSPS) is 26.6. The summed E-state index contributed by atoms with van der Waals surface area (Å²) in [6.45, 7) is -4.50. The van der Waals surface area contributed by atoms with Crippen LogP contribution < -0.4 is 0 Å². The van der Waals surface area contributed by atoms with Gasteiger partial charge in [0.25, 0.3) is 10.2 Å². The van der Waals surface area contributed by atoms with Crippen LogP contribution in [0.2, 0.25) is 0 Å². The average molecular weight is 426 g/mol. The molecule has 0 aromatic rings. The monoisotopic (exact) mass is 426 g/mol. The molecular weight excluding hydrogens is 412 g/mol. The van der Waals surface area contributed by atoms with E-state index in [-0.39, 0.29) is 0 Å². The molecule has 0 N–H and O–H groups in total. The molecule has 18 heteroatoms. The summed E-state index contributed by atoms with van der Waals surface area (Å²) in [5.41, 5.74) is 0. The van der Waals surface area contributed by atoms with Crippen molar-refractivity contribution in [2.75, 3.05) is 39.6 Å². The van der Waals surface area contributed by atoms with Crippen LogP contribution in [0.15, 0.2) is 0 Å². The molecule has 1 fully saturated rings. The summed E-state index contributed by atoms with van der Waals surface area (Å²) >= 11 is 0. The van der Waals surface area contributed by atoms with Gasteiger partial charge in [0.05, 0.1) is 26.4 Å². The number of nitrogens with zero attached hydrogens (tertiary/aromatic N) is 2. The first-order valence-corrected chi connectivity index (χ1v) is 9.28. The van der Waals surface area contributed by atoms with Crippen LogP contribution in [0.3, 0.4) is 0 Å². The molecule has 26 heavy (non-hydrogen) atoms. The van der Waals surface area contributed by atoms with Crippen molar-refractivity contribution in [2.24, 2.45) is 11.8 Å². The Kier molecular flexibility index (Phi) is 8.30. The van der Waals surface area contributed by atoms with E-state index in [1.54, 1.807) is 0 Å². The van der Waals surface area contributed by atoms with Crippen molar-refractivity contribution in [1.29, 1.82) is 0 Å². The molecule has 0 bridgehead atoms. The van der Waals surface area contributed by atoms with Gasteiger partial charge in [-0.15, -0.1) is 20.2 Å². The minimum absolute atomic E-state index is 0.725. The van der Waals surface area contributed by atoms with Crippen LogP contribution >= 0.6 is 0 Å². The molecule has 1 aliphatic heterocycles. The van der Waals surface area contributed by atoms with Gasteiger partial charge < -0.3 is 9.68 Å². The third kappa shape index (κ3) is 9.58. The summed E-state index contributed by atoms with van der Waals surface area (Å²) < 4.78 is 64.1. The van der Waals surface area contributed by atoms with Crippen molar-refractivity contribution in [2.45, 2.75) is 0 Å². The van der Waals surface area contributed by atoms with Gasteiger partial charge in [-0.05, 0) is 0 Å². The molecule has 0 aromatic heterocycles. The molecule has 0 saturated carbocycles. The van der Waals surface area contributed by atoms with E-state index in [1.807, 2.05) is 0 Å². The quantitative estimate of drug-likeness (QED) is 0.339. The Hall–Kier alpha value is -1.86. The van der Waals surface area contributed by atoms with Gasteiger partial charge in [0, 0.05) is 11.8 Å². The topological polar surface area (TPSA) is 210 Å². The fourth-order valence-corrected chi connectivity index (χ4v) is 2.98. The lowest BCUT2D eigenvalue weighted by Gasteiger charge is -2.19. The summed E-state index contributed by atoms with van der Waals surface area (Å²) in [5, 5.41) is 18.0. The van der Waals surface area contributed by atoms with Crippen molar-refractivity contribution >= 4 is 20.8 Å². The fourth-order valence-electron chi connectivity index (χ4n) is 1.41. The van der Waals surface area contributed by atoms with Crippen molar-refractivity contribution < 1.29 is 53.4 Å². The van der Waals surface area contributed by atoms with Gasteiger partial charge in [-0.3, -0.25) is 0 Å². The predicted molar refractivity (Wildman–Crippen MR) is 74.5 cm³/mol. The molecule has 0 atom stereocenters. The zero-order valence-electron chi connectivity index (χ0n) is 12.8. The van der Waals surface area contributed by atoms with Crippen LogP contribution in [0.4, 0.5) is 0 Å². The zero-order valence-corrected chi connectivity index (χ0v) is 14.5. The highest BCUT2D eigenvalue weighted by atomic mass is 32.3. The Morgan fingerprint density at radius 3 is 1.23 bits per heavy atom. The summed E-state index contributed by atoms with van der Waals surface area (Å²) in [4.78, 5) is 28.4. The molecule has 0 unspecified atom stereocenters. The van der Waals surface area contributed by atoms with E-state index in [2.05, 4.69) is 26.4 Å². The van der Waals surface area contributed by atoms with E-state index < -0.39 is 82.4 Å². The number of hydrogen-bond donors (Lipinski definition) is 0. The van der Waals surface area contributed by atoms with Crippen LogP contribution in [-0.2, 0) is 47.2 Å². The van der Waals surface area contributed by atoms with E-state index in [1.165, 1.54) is 0 Å². The average Bonchev–Trinajstić information content (AvgIpc) is 2.52. The molecule has 16 nitrogen and oxygen atoms in total. The Morgan fingerprint density at radius 2 is 1.00 bits per heavy atom. The van der Waals surface area contributed by atoms with Gasteiger partial charge in [-0.2, -0.15) is 16.8 Å². The maximum absolute atomic E-state index is 11.6. The van der Waals surface area contributed by atoms with E-state index in [4.69, 9.17) is 0 Å². The zero-order chi connectivity index (χ0) is 19.8. The summed E-state index contributed by atoms with van der Waals surface area (Å²) in [7, 11) is -9.19. The predicted octanol–water partition coefficient (Wildman–Crippen LogP) is -1.79. The van der Waals surface area contributed by atoms with E-state index in [9.17, 15) is 37.1 Å². The second-order valence-corrected chi connectivity index (χ2v) is 7.30. The molecule has 1 aliphatic rings. The Morgan fingerprint density at radius 1 is 0.731 bits per heavy atom. The number of rotatable bonds is 6. The molecule has 0 aliphatic carbocycles. The summed E-state index contributed by atoms with van der Waals surface area (Å²) in [6.07, 6.45) is 0. The Labute approximate surface area is 146 Å². The van der Waals surface area contributed by atoms with E-state index in [0.29, 0.717) is 0 Å². The van der Waals surface area contributed by atoms with Crippen LogP contribution in [0.1, 0.15) is 0 Å². The van der Waals surface area contributed by atoms with E-state index >= 15 is 0 Å². The maximum Gasteiger partial charge on any atom is 0.399 e. The van der Waals surface area contributed by atoms with Crippen molar-refractivity contribution in [3.8, 4) is 0 Å². The first-order valence-electron chi connectivity index (χ1n) is 6.61. The fraction of sp³-hybridized carbons (Fsp3) is 1.00. The minimum Gasteiger partial charge on any atom is -0.313 e. The molecule has 0 amide bonds. The van der Waals surface area contributed by atoms with Gasteiger partial charge in [-0.1, -0.05) is 0 Å². The molecule has 0 spiro atoms. The van der Waals surface area contributed by atoms with Crippen molar-refractivity contribution in [3.63, 3.8) is 0 Å². The third-order valence-corrected chi connectivity index (χ3v) is 4.32. The summed E-state index contributed by atoms with van der Waals surface area (Å²) in [6, 6.07) is 0. The lowest BCUT2D eigenvalue weighted by molar-refractivity contribution is -0.759. The molecular formula is C8H14N2O14S2. The SMILES string of the molecule is O=[N+]([O-])OCC1COS(=O)(=O)OCC(CO[N+](=O)[O-])COS(=O)(=O)OC1. The van der Waals surface area contributed by atoms with Gasteiger partial charge in [0.2, 0.25) is 0 Å². The highest BCUT2D eigenvalue weighted by Crippen LogP contribution is 2.13. The van der Waals surface area contributed by atoms with Gasteiger partial charge >= 0.3 is 20.8 Å². The molecule has 0 aromatic carbocycles. The summed E-state index contributed by atoms with van der Waals surface area (Å²) in [5.74, 6) is -2.35. The van der Waals surface area contributed by atoms with Gasteiger partial charge in [-0.25, -0.2) is 16.7 Å². The smallest absolute Gasteiger partial charge is 0.313 e. The Bertz CT molecular complexity index is 602. The maximum atomic E-state index is 11.6. The lowest BCUT2D eigenvalue weighted by Crippen LogP contribution is -2.31. The van der Waals surface area contributed by atoms with Gasteiger partial charge in [0.15, 0.2) is 0 Å². The molecule has 1 saturated heterocycles. The Balaban J connectivity index is 2.82. The highest BCUT2D eigenvalue weighted by Gasteiger charge is 2.26. The molecule has 1 rings (SSSR count).